The molecule has 0 aliphatic carbocycles. The molecule has 0 unspecified atom stereocenters. The maximum absolute atomic E-state index is 12.8. The molecule has 134 valence electrons. The molecule has 1 aromatic heterocycles. The third-order valence-electron chi connectivity index (χ3n) is 4.58. The van der Waals surface area contributed by atoms with Crippen molar-refractivity contribution in [2.24, 2.45) is 0 Å². The standard InChI is InChI=1S/C19H25N3O3/c1-4-22-10-9-20-18(22)17-15(6-5-11-25-17)21-19(23)14-8-7-13(2)12-16(14)24-3/h7-10,12,15,17H,4-6,11H2,1-3H3,(H,21,23)/t15-,17-/m1/s1. The van der Waals surface area contributed by atoms with Crippen molar-refractivity contribution >= 4 is 5.91 Å². The molecule has 1 saturated heterocycles. The maximum atomic E-state index is 12.8. The number of aryl methyl sites for hydroxylation is 2. The summed E-state index contributed by atoms with van der Waals surface area (Å²) in [5.74, 6) is 1.30. The van der Waals surface area contributed by atoms with Gasteiger partial charge in [0.1, 0.15) is 17.7 Å². The number of hydrogen-bond donors (Lipinski definition) is 1. The number of imidazole rings is 1. The number of nitrogens with zero attached hydrogens (tertiary/aromatic N) is 2. The molecule has 2 atom stereocenters. The molecule has 0 radical (unpaired) electrons. The van der Waals surface area contributed by atoms with Crippen LogP contribution < -0.4 is 10.1 Å². The number of rotatable bonds is 5. The first-order valence-electron chi connectivity index (χ1n) is 8.72. The number of carbonyl (C=O) groups excluding carboxylic acids is 1. The molecular weight excluding hydrogens is 318 g/mol. The summed E-state index contributed by atoms with van der Waals surface area (Å²) in [5, 5.41) is 3.12. The van der Waals surface area contributed by atoms with Gasteiger partial charge in [-0.1, -0.05) is 6.07 Å². The van der Waals surface area contributed by atoms with Crippen molar-refractivity contribution in [1.82, 2.24) is 14.9 Å². The molecule has 1 N–H and O–H groups in total. The van der Waals surface area contributed by atoms with Crippen molar-refractivity contribution in [2.75, 3.05) is 13.7 Å². The number of ether oxygens (including phenoxy) is 2. The highest BCUT2D eigenvalue weighted by molar-refractivity contribution is 5.97. The molecule has 0 bridgehead atoms. The van der Waals surface area contributed by atoms with E-state index in [2.05, 4.69) is 21.8 Å². The second kappa shape index (κ2) is 7.70. The molecule has 2 heterocycles. The number of hydrogen-bond acceptors (Lipinski definition) is 4. The summed E-state index contributed by atoms with van der Waals surface area (Å²) in [7, 11) is 1.58. The van der Waals surface area contributed by atoms with Crippen molar-refractivity contribution in [1.29, 1.82) is 0 Å². The lowest BCUT2D eigenvalue weighted by Gasteiger charge is -2.32. The SMILES string of the molecule is CCn1ccnc1[C@@H]1OCCC[C@H]1NC(=O)c1ccc(C)cc1OC. The zero-order valence-electron chi connectivity index (χ0n) is 15.0. The van der Waals surface area contributed by atoms with Gasteiger partial charge in [0.15, 0.2) is 0 Å². The summed E-state index contributed by atoms with van der Waals surface area (Å²) >= 11 is 0. The molecule has 2 aromatic rings. The zero-order chi connectivity index (χ0) is 17.8. The van der Waals surface area contributed by atoms with E-state index in [9.17, 15) is 4.79 Å². The van der Waals surface area contributed by atoms with Crippen molar-refractivity contribution < 1.29 is 14.3 Å². The summed E-state index contributed by atoms with van der Waals surface area (Å²) in [5.41, 5.74) is 1.59. The van der Waals surface area contributed by atoms with Gasteiger partial charge in [0, 0.05) is 25.5 Å². The number of amides is 1. The van der Waals surface area contributed by atoms with Crippen LogP contribution >= 0.6 is 0 Å². The molecule has 1 amide bonds. The lowest BCUT2D eigenvalue weighted by atomic mass is 10.0. The summed E-state index contributed by atoms with van der Waals surface area (Å²) < 4.78 is 13.4. The number of methoxy groups -OCH3 is 1. The average molecular weight is 343 g/mol. The first-order valence-corrected chi connectivity index (χ1v) is 8.72. The summed E-state index contributed by atoms with van der Waals surface area (Å²) in [4.78, 5) is 17.2. The topological polar surface area (TPSA) is 65.4 Å². The van der Waals surface area contributed by atoms with E-state index in [-0.39, 0.29) is 18.1 Å². The third kappa shape index (κ3) is 3.69. The van der Waals surface area contributed by atoms with E-state index in [1.54, 1.807) is 19.4 Å². The van der Waals surface area contributed by atoms with Crippen LogP contribution in [0.2, 0.25) is 0 Å². The van der Waals surface area contributed by atoms with Crippen LogP contribution in [0.3, 0.4) is 0 Å². The van der Waals surface area contributed by atoms with Crippen LogP contribution in [0.15, 0.2) is 30.6 Å². The van der Waals surface area contributed by atoms with Crippen LogP contribution in [0.5, 0.6) is 5.75 Å². The second-order valence-electron chi connectivity index (χ2n) is 6.29. The van der Waals surface area contributed by atoms with Gasteiger partial charge >= 0.3 is 0 Å². The van der Waals surface area contributed by atoms with Crippen LogP contribution in [0, 0.1) is 6.92 Å². The third-order valence-corrected chi connectivity index (χ3v) is 4.58. The van der Waals surface area contributed by atoms with Gasteiger partial charge in [0.05, 0.1) is 18.7 Å². The fraction of sp³-hybridized carbons (Fsp3) is 0.474. The quantitative estimate of drug-likeness (QED) is 0.907. The Labute approximate surface area is 148 Å². The Bertz CT molecular complexity index is 741. The Hall–Kier alpha value is -2.34. The molecular formula is C19H25N3O3. The van der Waals surface area contributed by atoms with Gasteiger partial charge in [-0.15, -0.1) is 0 Å². The Morgan fingerprint density at radius 3 is 3.08 bits per heavy atom. The minimum Gasteiger partial charge on any atom is -0.496 e. The fourth-order valence-electron chi connectivity index (χ4n) is 3.26. The number of carbonyl (C=O) groups is 1. The first-order chi connectivity index (χ1) is 12.1. The van der Waals surface area contributed by atoms with Crippen LogP contribution in [0.4, 0.5) is 0 Å². The molecule has 6 nitrogen and oxygen atoms in total. The van der Waals surface area contributed by atoms with Gasteiger partial charge < -0.3 is 19.4 Å². The van der Waals surface area contributed by atoms with E-state index >= 15 is 0 Å². The van der Waals surface area contributed by atoms with Crippen LogP contribution in [0.25, 0.3) is 0 Å². The fourth-order valence-corrected chi connectivity index (χ4v) is 3.26. The smallest absolute Gasteiger partial charge is 0.255 e. The Balaban J connectivity index is 1.81. The minimum atomic E-state index is -0.232. The molecule has 1 aliphatic rings. The van der Waals surface area contributed by atoms with Crippen LogP contribution in [-0.2, 0) is 11.3 Å². The molecule has 25 heavy (non-hydrogen) atoms. The highest BCUT2D eigenvalue weighted by Crippen LogP contribution is 2.28. The highest BCUT2D eigenvalue weighted by Gasteiger charge is 2.32. The molecule has 1 aliphatic heterocycles. The van der Waals surface area contributed by atoms with E-state index in [0.717, 1.165) is 30.8 Å². The molecule has 3 rings (SSSR count). The van der Waals surface area contributed by atoms with E-state index in [4.69, 9.17) is 9.47 Å². The Morgan fingerprint density at radius 1 is 1.48 bits per heavy atom. The lowest BCUT2D eigenvalue weighted by Crippen LogP contribution is -2.43. The van der Waals surface area contributed by atoms with Crippen molar-refractivity contribution in [2.45, 2.75) is 45.4 Å². The van der Waals surface area contributed by atoms with Gasteiger partial charge in [0.25, 0.3) is 5.91 Å². The number of nitrogens with one attached hydrogen (secondary N) is 1. The summed E-state index contributed by atoms with van der Waals surface area (Å²) in [6.07, 6.45) is 5.26. The summed E-state index contributed by atoms with van der Waals surface area (Å²) in [6.45, 7) is 5.54. The minimum absolute atomic E-state index is 0.111. The normalized spacial score (nSPS) is 20.3. The molecule has 0 saturated carbocycles. The lowest BCUT2D eigenvalue weighted by molar-refractivity contribution is -0.0163. The van der Waals surface area contributed by atoms with Gasteiger partial charge in [-0.2, -0.15) is 0 Å². The van der Waals surface area contributed by atoms with E-state index in [0.29, 0.717) is 17.9 Å². The largest absolute Gasteiger partial charge is 0.496 e. The summed E-state index contributed by atoms with van der Waals surface area (Å²) in [6, 6.07) is 5.47. The van der Waals surface area contributed by atoms with Crippen molar-refractivity contribution in [3.05, 3.63) is 47.5 Å². The van der Waals surface area contributed by atoms with Crippen molar-refractivity contribution in [3.63, 3.8) is 0 Å². The van der Waals surface area contributed by atoms with Crippen molar-refractivity contribution in [3.8, 4) is 5.75 Å². The zero-order valence-corrected chi connectivity index (χ0v) is 15.0. The second-order valence-corrected chi connectivity index (χ2v) is 6.29. The van der Waals surface area contributed by atoms with E-state index < -0.39 is 0 Å². The van der Waals surface area contributed by atoms with E-state index in [1.165, 1.54) is 0 Å². The first kappa shape index (κ1) is 17.5. The van der Waals surface area contributed by atoms with Gasteiger partial charge in [-0.3, -0.25) is 4.79 Å². The highest BCUT2D eigenvalue weighted by atomic mass is 16.5. The van der Waals surface area contributed by atoms with Crippen LogP contribution in [-0.4, -0.2) is 35.2 Å². The molecule has 1 fully saturated rings. The Morgan fingerprint density at radius 2 is 2.32 bits per heavy atom. The van der Waals surface area contributed by atoms with Gasteiger partial charge in [0.2, 0.25) is 0 Å². The predicted molar refractivity (Wildman–Crippen MR) is 94.8 cm³/mol. The Kier molecular flexibility index (Phi) is 5.38. The molecule has 0 spiro atoms. The molecule has 1 aromatic carbocycles. The number of benzene rings is 1. The number of aromatic nitrogens is 2. The average Bonchev–Trinajstić information content (AvgIpc) is 3.10. The van der Waals surface area contributed by atoms with Gasteiger partial charge in [-0.25, -0.2) is 4.98 Å². The molecule has 6 heteroatoms. The van der Waals surface area contributed by atoms with E-state index in [1.807, 2.05) is 25.3 Å². The monoisotopic (exact) mass is 343 g/mol. The maximum Gasteiger partial charge on any atom is 0.255 e. The predicted octanol–water partition coefficient (Wildman–Crippen LogP) is 2.87. The van der Waals surface area contributed by atoms with Gasteiger partial charge in [-0.05, 0) is 44.4 Å². The van der Waals surface area contributed by atoms with Crippen LogP contribution in [0.1, 0.15) is 47.6 Å².